The Morgan fingerprint density at radius 1 is 1.19 bits per heavy atom. The van der Waals surface area contributed by atoms with Gasteiger partial charge in [-0.1, -0.05) is 6.07 Å². The average Bonchev–Trinajstić information content (AvgIpc) is 2.45. The molecule has 0 bridgehead atoms. The molecule has 21 heavy (non-hydrogen) atoms. The van der Waals surface area contributed by atoms with E-state index in [4.69, 9.17) is 0 Å². The minimum atomic E-state index is -2.27. The van der Waals surface area contributed by atoms with Crippen molar-refractivity contribution >= 4 is 24.7 Å². The van der Waals surface area contributed by atoms with Gasteiger partial charge in [-0.15, -0.1) is 0 Å². The number of carbonyl (C=O) groups excluding carboxylic acids is 1. The van der Waals surface area contributed by atoms with Gasteiger partial charge in [0.1, 0.15) is 7.14 Å². The molecule has 0 aliphatic rings. The van der Waals surface area contributed by atoms with E-state index in [1.165, 1.54) is 0 Å². The second kappa shape index (κ2) is 6.50. The second-order valence-corrected chi connectivity index (χ2v) is 8.48. The van der Waals surface area contributed by atoms with Crippen LogP contribution in [0.3, 0.4) is 0 Å². The number of nitrogens with one attached hydrogen (secondary N) is 2. The van der Waals surface area contributed by atoms with Crippen LogP contribution in [-0.2, 0) is 4.57 Å². The summed E-state index contributed by atoms with van der Waals surface area (Å²) in [5, 5.41) is 5.68. The maximum absolute atomic E-state index is 12.0. The molecule has 0 unspecified atom stereocenters. The molecule has 0 atom stereocenters. The first-order valence-electron chi connectivity index (χ1n) is 6.40. The predicted octanol–water partition coefficient (Wildman–Crippen LogP) is 2.53. The maximum Gasteiger partial charge on any atom is 0.251 e. The Bertz CT molecular complexity index is 670. The van der Waals surface area contributed by atoms with Crippen LogP contribution in [0.25, 0.3) is 0 Å². The first-order valence-corrected chi connectivity index (χ1v) is 9.19. The lowest BCUT2D eigenvalue weighted by Gasteiger charge is -2.10. The van der Waals surface area contributed by atoms with Crippen LogP contribution in [0.15, 0.2) is 42.7 Å². The molecule has 0 radical (unpaired) electrons. The molecule has 110 valence electrons. The van der Waals surface area contributed by atoms with E-state index in [1.807, 2.05) is 6.07 Å². The lowest BCUT2D eigenvalue weighted by atomic mass is 10.2. The zero-order valence-corrected chi connectivity index (χ0v) is 12.8. The predicted molar refractivity (Wildman–Crippen MR) is 83.5 cm³/mol. The van der Waals surface area contributed by atoms with Crippen molar-refractivity contribution in [2.75, 3.05) is 24.9 Å². The summed E-state index contributed by atoms with van der Waals surface area (Å²) in [6.07, 6.45) is 3.45. The molecule has 0 fully saturated rings. The summed E-state index contributed by atoms with van der Waals surface area (Å²) in [7, 11) is -2.27. The van der Waals surface area contributed by atoms with Gasteiger partial charge >= 0.3 is 0 Å². The van der Waals surface area contributed by atoms with E-state index >= 15 is 0 Å². The highest BCUT2D eigenvalue weighted by Crippen LogP contribution is 2.33. The van der Waals surface area contributed by atoms with Crippen molar-refractivity contribution in [2.45, 2.75) is 0 Å². The zero-order chi connectivity index (χ0) is 15.3. The molecule has 1 heterocycles. The molecule has 1 aromatic heterocycles. The minimum absolute atomic E-state index is 0.186. The van der Waals surface area contributed by atoms with E-state index in [0.717, 1.165) is 0 Å². The van der Waals surface area contributed by atoms with Gasteiger partial charge in [-0.05, 0) is 37.6 Å². The largest absolute Gasteiger partial charge is 0.345 e. The van der Waals surface area contributed by atoms with Crippen LogP contribution >= 0.6 is 7.14 Å². The Morgan fingerprint density at radius 3 is 2.57 bits per heavy atom. The highest BCUT2D eigenvalue weighted by atomic mass is 31.2. The molecule has 2 aromatic rings. The molecule has 0 aliphatic carbocycles. The first-order chi connectivity index (χ1) is 9.94. The third kappa shape index (κ3) is 5.00. The highest BCUT2D eigenvalue weighted by Gasteiger charge is 2.11. The summed E-state index contributed by atoms with van der Waals surface area (Å²) in [6, 6.07) is 8.70. The van der Waals surface area contributed by atoms with Crippen LogP contribution in [0.4, 0.5) is 11.6 Å². The molecule has 0 saturated carbocycles. The summed E-state index contributed by atoms with van der Waals surface area (Å²) < 4.78 is 11.6. The lowest BCUT2D eigenvalue weighted by Crippen LogP contribution is -2.24. The number of amides is 1. The van der Waals surface area contributed by atoms with Gasteiger partial charge in [0.15, 0.2) is 0 Å². The molecule has 0 aliphatic heterocycles. The summed E-state index contributed by atoms with van der Waals surface area (Å²) in [5.74, 6) is 0.207. The number of anilines is 2. The third-order valence-electron chi connectivity index (χ3n) is 2.57. The van der Waals surface area contributed by atoms with Crippen LogP contribution in [-0.4, -0.2) is 35.5 Å². The van der Waals surface area contributed by atoms with Crippen molar-refractivity contribution in [3.63, 3.8) is 0 Å². The average molecular weight is 304 g/mol. The smallest absolute Gasteiger partial charge is 0.251 e. The molecule has 0 saturated heterocycles. The van der Waals surface area contributed by atoms with E-state index in [2.05, 4.69) is 20.6 Å². The van der Waals surface area contributed by atoms with Crippen molar-refractivity contribution in [1.82, 2.24) is 15.3 Å². The molecule has 2 N–H and O–H groups in total. The van der Waals surface area contributed by atoms with Gasteiger partial charge < -0.3 is 15.2 Å². The van der Waals surface area contributed by atoms with Crippen molar-refractivity contribution in [3.8, 4) is 0 Å². The summed E-state index contributed by atoms with van der Waals surface area (Å²) in [4.78, 5) is 20.1. The highest BCUT2D eigenvalue weighted by molar-refractivity contribution is 7.62. The monoisotopic (exact) mass is 304 g/mol. The molecule has 1 amide bonds. The fourth-order valence-electron chi connectivity index (χ4n) is 1.60. The number of hydrogen-bond acceptors (Lipinski definition) is 5. The van der Waals surface area contributed by atoms with E-state index in [-0.39, 0.29) is 12.2 Å². The van der Waals surface area contributed by atoms with Gasteiger partial charge in [0.25, 0.3) is 5.91 Å². The summed E-state index contributed by atoms with van der Waals surface area (Å²) in [5.41, 5.74) is 1.20. The standard InChI is InChI=1S/C14H17N4O2P/c1-21(2,20)10-17-13(19)11-5-3-6-12(9-11)18-14-15-7-4-8-16-14/h3-9H,10H2,1-2H3,(H,17,19)(H,15,16,18). The Balaban J connectivity index is 2.07. The molecule has 7 heteroatoms. The number of hydrogen-bond donors (Lipinski definition) is 2. The molecule has 6 nitrogen and oxygen atoms in total. The topological polar surface area (TPSA) is 84.0 Å². The normalized spacial score (nSPS) is 11.0. The Morgan fingerprint density at radius 2 is 1.90 bits per heavy atom. The third-order valence-corrected chi connectivity index (χ3v) is 3.49. The van der Waals surface area contributed by atoms with Crippen molar-refractivity contribution in [2.24, 2.45) is 0 Å². The van der Waals surface area contributed by atoms with E-state index in [9.17, 15) is 9.36 Å². The number of aromatic nitrogens is 2. The van der Waals surface area contributed by atoms with Gasteiger partial charge in [0.05, 0.1) is 6.29 Å². The number of benzene rings is 1. The first kappa shape index (κ1) is 15.2. The van der Waals surface area contributed by atoms with Crippen LogP contribution in [0.1, 0.15) is 10.4 Å². The zero-order valence-electron chi connectivity index (χ0n) is 11.9. The second-order valence-electron chi connectivity index (χ2n) is 5.02. The molecule has 0 spiro atoms. The van der Waals surface area contributed by atoms with Gasteiger partial charge in [-0.25, -0.2) is 9.97 Å². The maximum atomic E-state index is 12.0. The quantitative estimate of drug-likeness (QED) is 0.829. The van der Waals surface area contributed by atoms with E-state index in [1.54, 1.807) is 50.0 Å². The number of nitrogens with zero attached hydrogens (tertiary/aromatic N) is 2. The van der Waals surface area contributed by atoms with Crippen LogP contribution in [0, 0.1) is 0 Å². The fraction of sp³-hybridized carbons (Fsp3) is 0.214. The molecular formula is C14H17N4O2P. The van der Waals surface area contributed by atoms with Gasteiger partial charge in [0, 0.05) is 23.6 Å². The van der Waals surface area contributed by atoms with E-state index < -0.39 is 7.14 Å². The minimum Gasteiger partial charge on any atom is -0.345 e. The number of carbonyl (C=O) groups is 1. The Labute approximate surface area is 123 Å². The fourth-order valence-corrected chi connectivity index (χ4v) is 2.12. The lowest BCUT2D eigenvalue weighted by molar-refractivity contribution is 0.0960. The Hall–Kier alpha value is -2.20. The van der Waals surface area contributed by atoms with Crippen molar-refractivity contribution in [3.05, 3.63) is 48.3 Å². The number of rotatable bonds is 5. The SMILES string of the molecule is CP(C)(=O)CNC(=O)c1cccc(Nc2ncccn2)c1. The molecule has 1 aromatic carbocycles. The van der Waals surface area contributed by atoms with Crippen LogP contribution in [0.2, 0.25) is 0 Å². The van der Waals surface area contributed by atoms with Gasteiger partial charge in [-0.2, -0.15) is 0 Å². The molecular weight excluding hydrogens is 287 g/mol. The van der Waals surface area contributed by atoms with Crippen LogP contribution in [0.5, 0.6) is 0 Å². The van der Waals surface area contributed by atoms with Crippen LogP contribution < -0.4 is 10.6 Å². The molecule has 2 rings (SSSR count). The Kier molecular flexibility index (Phi) is 4.70. The van der Waals surface area contributed by atoms with Gasteiger partial charge in [0.2, 0.25) is 5.95 Å². The van der Waals surface area contributed by atoms with Gasteiger partial charge in [-0.3, -0.25) is 4.79 Å². The van der Waals surface area contributed by atoms with E-state index in [0.29, 0.717) is 17.2 Å². The van der Waals surface area contributed by atoms with Crippen molar-refractivity contribution in [1.29, 1.82) is 0 Å². The summed E-state index contributed by atoms with van der Waals surface area (Å²) >= 11 is 0. The van der Waals surface area contributed by atoms with Crippen molar-refractivity contribution < 1.29 is 9.36 Å². The summed E-state index contributed by atoms with van der Waals surface area (Å²) in [6.45, 7) is 3.27.